The van der Waals surface area contributed by atoms with Gasteiger partial charge in [-0.25, -0.2) is 4.79 Å². The van der Waals surface area contributed by atoms with Crippen LogP contribution in [0.2, 0.25) is 0 Å². The first kappa shape index (κ1) is 20.5. The topological polar surface area (TPSA) is 125 Å². The molecular formula is C18H25N3O6. The fourth-order valence-electron chi connectivity index (χ4n) is 2.85. The molecule has 1 fully saturated rings. The highest BCUT2D eigenvalue weighted by Crippen LogP contribution is 2.31. The molecule has 2 rings (SSSR count). The number of nitrogens with zero attached hydrogens (tertiary/aromatic N) is 2. The molecule has 148 valence electrons. The number of amides is 2. The highest BCUT2D eigenvalue weighted by Gasteiger charge is 2.29. The van der Waals surface area contributed by atoms with Crippen molar-refractivity contribution < 1.29 is 24.0 Å². The number of nitro groups is 1. The number of hydrogen-bond donors (Lipinski definition) is 1. The fourth-order valence-corrected chi connectivity index (χ4v) is 2.85. The van der Waals surface area contributed by atoms with E-state index in [2.05, 4.69) is 0 Å². The molecule has 1 aliphatic heterocycles. The number of non-ortho nitro benzene ring substituents is 1. The summed E-state index contributed by atoms with van der Waals surface area (Å²) in [5, 5.41) is 11.0. The van der Waals surface area contributed by atoms with E-state index in [-0.39, 0.29) is 29.2 Å². The minimum absolute atomic E-state index is 0.0173. The number of rotatable bonds is 4. The summed E-state index contributed by atoms with van der Waals surface area (Å²) in [6.45, 7) is 7.97. The first-order chi connectivity index (χ1) is 12.5. The minimum Gasteiger partial charge on any atom is -0.489 e. The molecule has 27 heavy (non-hydrogen) atoms. The van der Waals surface area contributed by atoms with Gasteiger partial charge in [0.25, 0.3) is 11.6 Å². The maximum atomic E-state index is 12.1. The van der Waals surface area contributed by atoms with Gasteiger partial charge in [-0.3, -0.25) is 14.9 Å². The van der Waals surface area contributed by atoms with Gasteiger partial charge < -0.3 is 20.1 Å². The number of piperidine rings is 1. The lowest BCUT2D eigenvalue weighted by Crippen LogP contribution is -2.44. The van der Waals surface area contributed by atoms with Gasteiger partial charge in [-0.05, 0) is 33.3 Å². The molecule has 1 saturated heterocycles. The van der Waals surface area contributed by atoms with Crippen LogP contribution in [0, 0.1) is 17.0 Å². The molecule has 1 heterocycles. The number of hydrogen-bond acceptors (Lipinski definition) is 6. The average molecular weight is 379 g/mol. The van der Waals surface area contributed by atoms with Crippen LogP contribution < -0.4 is 10.5 Å². The van der Waals surface area contributed by atoms with Crippen LogP contribution in [0.25, 0.3) is 0 Å². The third kappa shape index (κ3) is 5.32. The predicted molar refractivity (Wildman–Crippen MR) is 97.8 cm³/mol. The van der Waals surface area contributed by atoms with E-state index < -0.39 is 16.4 Å². The summed E-state index contributed by atoms with van der Waals surface area (Å²) in [6, 6.07) is 2.47. The summed E-state index contributed by atoms with van der Waals surface area (Å²) in [4.78, 5) is 35.9. The van der Waals surface area contributed by atoms with Gasteiger partial charge in [-0.1, -0.05) is 0 Å². The predicted octanol–water partition coefficient (Wildman–Crippen LogP) is 2.78. The van der Waals surface area contributed by atoms with E-state index in [1.165, 1.54) is 6.07 Å². The summed E-state index contributed by atoms with van der Waals surface area (Å²) in [5.74, 6) is -0.535. The molecule has 1 aliphatic rings. The summed E-state index contributed by atoms with van der Waals surface area (Å²) in [6.07, 6.45) is 0.495. The van der Waals surface area contributed by atoms with E-state index in [1.54, 1.807) is 11.8 Å². The van der Waals surface area contributed by atoms with Gasteiger partial charge >= 0.3 is 6.09 Å². The second-order valence-corrected chi connectivity index (χ2v) is 7.55. The average Bonchev–Trinajstić information content (AvgIpc) is 2.55. The Hall–Kier alpha value is -2.84. The van der Waals surface area contributed by atoms with E-state index in [0.717, 1.165) is 6.07 Å². The third-order valence-corrected chi connectivity index (χ3v) is 4.11. The number of primary amides is 1. The zero-order valence-electron chi connectivity index (χ0n) is 16.0. The number of nitro benzene ring substituents is 1. The van der Waals surface area contributed by atoms with Crippen LogP contribution in [0.3, 0.4) is 0 Å². The van der Waals surface area contributed by atoms with Crippen molar-refractivity contribution in [2.45, 2.75) is 52.2 Å². The lowest BCUT2D eigenvalue weighted by molar-refractivity contribution is -0.384. The third-order valence-electron chi connectivity index (χ3n) is 4.11. The van der Waals surface area contributed by atoms with Crippen molar-refractivity contribution in [3.05, 3.63) is 33.4 Å². The van der Waals surface area contributed by atoms with Crippen LogP contribution in [0.1, 0.15) is 49.5 Å². The summed E-state index contributed by atoms with van der Waals surface area (Å²) >= 11 is 0. The van der Waals surface area contributed by atoms with E-state index in [9.17, 15) is 19.7 Å². The Kier molecular flexibility index (Phi) is 5.92. The van der Waals surface area contributed by atoms with Gasteiger partial charge in [0.1, 0.15) is 17.5 Å². The fraction of sp³-hybridized carbons (Fsp3) is 0.556. The smallest absolute Gasteiger partial charge is 0.410 e. The van der Waals surface area contributed by atoms with Crippen LogP contribution in [0.4, 0.5) is 10.5 Å². The Morgan fingerprint density at radius 3 is 2.33 bits per heavy atom. The highest BCUT2D eigenvalue weighted by atomic mass is 16.6. The zero-order valence-corrected chi connectivity index (χ0v) is 16.0. The van der Waals surface area contributed by atoms with E-state index in [0.29, 0.717) is 31.5 Å². The Morgan fingerprint density at radius 1 is 1.26 bits per heavy atom. The van der Waals surface area contributed by atoms with Crippen molar-refractivity contribution in [1.29, 1.82) is 0 Å². The lowest BCUT2D eigenvalue weighted by atomic mass is 10.1. The Balaban J connectivity index is 2.08. The number of carbonyl (C=O) groups excluding carboxylic acids is 2. The van der Waals surface area contributed by atoms with Gasteiger partial charge in [0.2, 0.25) is 0 Å². The van der Waals surface area contributed by atoms with Crippen molar-refractivity contribution in [3.63, 3.8) is 0 Å². The second-order valence-electron chi connectivity index (χ2n) is 7.55. The summed E-state index contributed by atoms with van der Waals surface area (Å²) in [5.41, 5.74) is 5.04. The molecule has 2 N–H and O–H groups in total. The number of carbonyl (C=O) groups is 2. The van der Waals surface area contributed by atoms with E-state index in [4.69, 9.17) is 15.2 Å². The lowest BCUT2D eigenvalue weighted by Gasteiger charge is -2.34. The van der Waals surface area contributed by atoms with Crippen LogP contribution in [0.15, 0.2) is 12.1 Å². The monoisotopic (exact) mass is 379 g/mol. The van der Waals surface area contributed by atoms with Crippen molar-refractivity contribution in [1.82, 2.24) is 4.90 Å². The standard InChI is InChI=1S/C18H25N3O6/c1-11-9-12(21(24)25)10-14(16(19)22)15(11)26-13-5-7-20(8-6-13)17(23)27-18(2,3)4/h9-10,13H,5-8H2,1-4H3,(H2,19,22). The van der Waals surface area contributed by atoms with Crippen molar-refractivity contribution >= 4 is 17.7 Å². The highest BCUT2D eigenvalue weighted by molar-refractivity contribution is 5.96. The quantitative estimate of drug-likeness (QED) is 0.633. The van der Waals surface area contributed by atoms with Gasteiger partial charge in [0, 0.05) is 38.1 Å². The molecule has 2 amide bonds. The number of likely N-dealkylation sites (tertiary alicyclic amines) is 1. The van der Waals surface area contributed by atoms with Crippen LogP contribution in [0.5, 0.6) is 5.75 Å². The largest absolute Gasteiger partial charge is 0.489 e. The minimum atomic E-state index is -0.789. The van der Waals surface area contributed by atoms with Gasteiger partial charge in [-0.2, -0.15) is 0 Å². The van der Waals surface area contributed by atoms with Crippen molar-refractivity contribution in [2.24, 2.45) is 5.73 Å². The van der Waals surface area contributed by atoms with Crippen LogP contribution >= 0.6 is 0 Å². The number of aryl methyl sites for hydroxylation is 1. The van der Waals surface area contributed by atoms with E-state index in [1.807, 2.05) is 20.8 Å². The Bertz CT molecular complexity index is 748. The molecule has 1 aromatic rings. The van der Waals surface area contributed by atoms with Crippen molar-refractivity contribution in [3.8, 4) is 5.75 Å². The SMILES string of the molecule is Cc1cc([N+](=O)[O-])cc(C(N)=O)c1OC1CCN(C(=O)OC(C)(C)C)CC1. The maximum absolute atomic E-state index is 12.1. The molecule has 9 nitrogen and oxygen atoms in total. The molecule has 0 radical (unpaired) electrons. The molecule has 0 spiro atoms. The zero-order chi connectivity index (χ0) is 20.4. The van der Waals surface area contributed by atoms with Crippen LogP contribution in [-0.2, 0) is 4.74 Å². The second kappa shape index (κ2) is 7.81. The van der Waals surface area contributed by atoms with Gasteiger partial charge in [-0.15, -0.1) is 0 Å². The molecule has 0 atom stereocenters. The number of benzene rings is 1. The Labute approximate surface area is 157 Å². The van der Waals surface area contributed by atoms with Gasteiger partial charge in [0.05, 0.1) is 10.5 Å². The molecule has 1 aromatic carbocycles. The number of nitrogens with two attached hydrogens (primary N) is 1. The molecule has 9 heteroatoms. The first-order valence-electron chi connectivity index (χ1n) is 8.71. The molecule has 0 aromatic heterocycles. The van der Waals surface area contributed by atoms with Crippen LogP contribution in [-0.4, -0.2) is 46.6 Å². The molecule has 0 unspecified atom stereocenters. The molecule has 0 saturated carbocycles. The maximum Gasteiger partial charge on any atom is 0.410 e. The summed E-state index contributed by atoms with van der Waals surface area (Å²) < 4.78 is 11.3. The Morgan fingerprint density at radius 2 is 1.85 bits per heavy atom. The molecule has 0 bridgehead atoms. The molecular weight excluding hydrogens is 354 g/mol. The van der Waals surface area contributed by atoms with Crippen molar-refractivity contribution in [2.75, 3.05) is 13.1 Å². The first-order valence-corrected chi connectivity index (χ1v) is 8.71. The summed E-state index contributed by atoms with van der Waals surface area (Å²) in [7, 11) is 0. The van der Waals surface area contributed by atoms with Gasteiger partial charge in [0.15, 0.2) is 0 Å². The van der Waals surface area contributed by atoms with E-state index >= 15 is 0 Å². The number of ether oxygens (including phenoxy) is 2. The normalized spacial score (nSPS) is 15.3. The molecule has 0 aliphatic carbocycles.